The number of aromatic nitrogens is 1. The molecule has 4 aliphatic rings. The van der Waals surface area contributed by atoms with Crippen LogP contribution in [0.1, 0.15) is 69.6 Å². The molecule has 5 heteroatoms. The average Bonchev–Trinajstić information content (AvgIpc) is 3.65. The Morgan fingerprint density at radius 2 is 1.90 bits per heavy atom. The molecule has 1 aliphatic heterocycles. The van der Waals surface area contributed by atoms with Crippen molar-refractivity contribution in [1.82, 2.24) is 9.88 Å². The van der Waals surface area contributed by atoms with Gasteiger partial charge in [0.05, 0.1) is 11.3 Å². The Hall–Kier alpha value is -2.69. The van der Waals surface area contributed by atoms with Crippen LogP contribution in [0.3, 0.4) is 0 Å². The molecule has 2 heterocycles. The zero-order valence-electron chi connectivity index (χ0n) is 16.5. The number of carbonyl (C=O) groups excluding carboxylic acids is 2. The molecule has 2 amide bonds. The summed E-state index contributed by atoms with van der Waals surface area (Å²) in [6, 6.07) is 8.03. The molecule has 0 bridgehead atoms. The quantitative estimate of drug-likeness (QED) is 0.844. The number of carbonyl (C=O) groups is 2. The molecule has 3 aliphatic carbocycles. The van der Waals surface area contributed by atoms with Crippen LogP contribution < -0.4 is 5.32 Å². The van der Waals surface area contributed by atoms with E-state index in [4.69, 9.17) is 0 Å². The van der Waals surface area contributed by atoms with Crippen LogP contribution in [0.5, 0.6) is 0 Å². The summed E-state index contributed by atoms with van der Waals surface area (Å²) in [6.07, 6.45) is 9.60. The van der Waals surface area contributed by atoms with Crippen LogP contribution in [-0.4, -0.2) is 27.7 Å². The molecule has 0 unspecified atom stereocenters. The first-order valence-electron chi connectivity index (χ1n) is 10.9. The van der Waals surface area contributed by atoms with Gasteiger partial charge < -0.3 is 10.2 Å². The van der Waals surface area contributed by atoms with E-state index in [1.165, 1.54) is 25.7 Å². The van der Waals surface area contributed by atoms with Gasteiger partial charge in [-0.1, -0.05) is 12.1 Å². The first kappa shape index (κ1) is 17.2. The predicted molar refractivity (Wildman–Crippen MR) is 110 cm³/mol. The van der Waals surface area contributed by atoms with Gasteiger partial charge in [-0.15, -0.1) is 0 Å². The Morgan fingerprint density at radius 3 is 2.66 bits per heavy atom. The maximum Gasteiger partial charge on any atom is 0.256 e. The fourth-order valence-corrected chi connectivity index (χ4v) is 5.36. The van der Waals surface area contributed by atoms with Crippen molar-refractivity contribution in [1.29, 1.82) is 0 Å². The molecule has 2 aromatic rings. The second kappa shape index (κ2) is 6.41. The number of hydrogen-bond donors (Lipinski definition) is 1. The monoisotopic (exact) mass is 387 g/mol. The highest BCUT2D eigenvalue weighted by Gasteiger charge is 2.48. The lowest BCUT2D eigenvalue weighted by Crippen LogP contribution is -2.38. The van der Waals surface area contributed by atoms with Gasteiger partial charge in [-0.05, 0) is 80.0 Å². The fourth-order valence-electron chi connectivity index (χ4n) is 5.36. The van der Waals surface area contributed by atoms with Gasteiger partial charge in [0.25, 0.3) is 11.8 Å². The Balaban J connectivity index is 1.29. The molecule has 1 aromatic heterocycles. The third kappa shape index (κ3) is 2.86. The summed E-state index contributed by atoms with van der Waals surface area (Å²) in [5.74, 6) is 1.32. The Morgan fingerprint density at radius 1 is 1.10 bits per heavy atom. The third-order valence-electron chi connectivity index (χ3n) is 7.01. The van der Waals surface area contributed by atoms with Crippen LogP contribution in [0.25, 0.3) is 0 Å². The van der Waals surface area contributed by atoms with Crippen molar-refractivity contribution in [2.75, 3.05) is 5.32 Å². The van der Waals surface area contributed by atoms with Crippen molar-refractivity contribution in [3.8, 4) is 0 Å². The number of nitrogens with one attached hydrogen (secondary N) is 1. The first-order valence-corrected chi connectivity index (χ1v) is 10.9. The largest absolute Gasteiger partial charge is 0.331 e. The molecule has 6 rings (SSSR count). The van der Waals surface area contributed by atoms with Gasteiger partial charge in [0.15, 0.2) is 0 Å². The summed E-state index contributed by atoms with van der Waals surface area (Å²) in [6.45, 7) is 0.681. The van der Waals surface area contributed by atoms with Gasteiger partial charge in [0, 0.05) is 30.0 Å². The molecule has 2 fully saturated rings. The minimum Gasteiger partial charge on any atom is -0.331 e. The van der Waals surface area contributed by atoms with Gasteiger partial charge in [-0.25, -0.2) is 0 Å². The number of fused-ring (bicyclic) bond motifs is 2. The summed E-state index contributed by atoms with van der Waals surface area (Å²) in [5, 5.41) is 3.05. The zero-order valence-corrected chi connectivity index (χ0v) is 16.5. The normalized spacial score (nSPS) is 20.2. The topological polar surface area (TPSA) is 62.3 Å². The molecular weight excluding hydrogens is 362 g/mol. The van der Waals surface area contributed by atoms with E-state index in [0.29, 0.717) is 41.2 Å². The van der Waals surface area contributed by atoms with Crippen LogP contribution in [0.4, 0.5) is 5.69 Å². The highest BCUT2D eigenvalue weighted by Crippen LogP contribution is 2.49. The number of amides is 2. The van der Waals surface area contributed by atoms with Crippen molar-refractivity contribution in [2.24, 2.45) is 11.8 Å². The van der Waals surface area contributed by atoms with Crippen molar-refractivity contribution < 1.29 is 9.59 Å². The van der Waals surface area contributed by atoms with E-state index in [1.54, 1.807) is 12.3 Å². The molecule has 2 saturated carbocycles. The highest BCUT2D eigenvalue weighted by atomic mass is 16.2. The lowest BCUT2D eigenvalue weighted by atomic mass is 10.0. The molecule has 0 saturated heterocycles. The standard InChI is InChI=1S/C24H25N3O2/c28-23(18-11-12-25-19-5-2-4-17(18)19)26-20-6-1-3-16-13-27(24(29)21(16)20)22(14-7-8-14)15-9-10-15/h1,3,6,11-12,14-15,22H,2,4-5,7-10,13H2,(H,26,28). The minimum absolute atomic E-state index is 0.0969. The van der Waals surface area contributed by atoms with E-state index in [1.807, 2.05) is 18.2 Å². The van der Waals surface area contributed by atoms with E-state index in [-0.39, 0.29) is 11.8 Å². The Labute approximate surface area is 170 Å². The lowest BCUT2D eigenvalue weighted by Gasteiger charge is -2.28. The van der Waals surface area contributed by atoms with Crippen LogP contribution in [-0.2, 0) is 19.4 Å². The zero-order chi connectivity index (χ0) is 19.5. The summed E-state index contributed by atoms with van der Waals surface area (Å²) in [5.41, 5.74) is 5.18. The molecule has 0 spiro atoms. The number of aryl methyl sites for hydroxylation is 1. The SMILES string of the molecule is O=C(Nc1cccc2c1C(=O)N(C(C1CC1)C1CC1)C2)c1ccnc2c1CCC2. The molecular formula is C24H25N3O2. The number of pyridine rings is 1. The van der Waals surface area contributed by atoms with Crippen LogP contribution in [0.2, 0.25) is 0 Å². The second-order valence-corrected chi connectivity index (χ2v) is 9.03. The van der Waals surface area contributed by atoms with Gasteiger partial charge in [-0.2, -0.15) is 0 Å². The number of hydrogen-bond acceptors (Lipinski definition) is 3. The number of nitrogens with zero attached hydrogens (tertiary/aromatic N) is 2. The van der Waals surface area contributed by atoms with E-state index < -0.39 is 0 Å². The van der Waals surface area contributed by atoms with Crippen LogP contribution in [0.15, 0.2) is 30.5 Å². The molecule has 1 aromatic carbocycles. The van der Waals surface area contributed by atoms with E-state index in [2.05, 4.69) is 15.2 Å². The Bertz CT molecular complexity index is 1010. The van der Waals surface area contributed by atoms with E-state index >= 15 is 0 Å². The van der Waals surface area contributed by atoms with Gasteiger partial charge in [-0.3, -0.25) is 14.6 Å². The van der Waals surface area contributed by atoms with Crippen molar-refractivity contribution in [2.45, 2.75) is 57.5 Å². The highest BCUT2D eigenvalue weighted by molar-refractivity contribution is 6.11. The first-order chi connectivity index (χ1) is 14.2. The van der Waals surface area contributed by atoms with E-state index in [9.17, 15) is 9.59 Å². The molecule has 0 radical (unpaired) electrons. The predicted octanol–water partition coefficient (Wildman–Crippen LogP) is 3.97. The van der Waals surface area contributed by atoms with Gasteiger partial charge in [0.1, 0.15) is 0 Å². The lowest BCUT2D eigenvalue weighted by molar-refractivity contribution is 0.0653. The summed E-state index contributed by atoms with van der Waals surface area (Å²) < 4.78 is 0. The van der Waals surface area contributed by atoms with Crippen molar-refractivity contribution in [3.63, 3.8) is 0 Å². The molecule has 148 valence electrons. The van der Waals surface area contributed by atoms with Crippen LogP contribution in [0, 0.1) is 11.8 Å². The smallest absolute Gasteiger partial charge is 0.256 e. The number of benzene rings is 1. The Kier molecular flexibility index (Phi) is 3.80. The maximum absolute atomic E-state index is 13.4. The van der Waals surface area contributed by atoms with Gasteiger partial charge in [0.2, 0.25) is 0 Å². The minimum atomic E-state index is -0.133. The van der Waals surface area contributed by atoms with Crippen molar-refractivity contribution >= 4 is 17.5 Å². The number of anilines is 1. The molecule has 1 N–H and O–H groups in total. The molecule has 0 atom stereocenters. The fraction of sp³-hybridized carbons (Fsp3) is 0.458. The van der Waals surface area contributed by atoms with Crippen molar-refractivity contribution in [3.05, 3.63) is 58.4 Å². The van der Waals surface area contributed by atoms with Crippen LogP contribution >= 0.6 is 0 Å². The maximum atomic E-state index is 13.4. The third-order valence-corrected chi connectivity index (χ3v) is 7.01. The van der Waals surface area contributed by atoms with E-state index in [0.717, 1.165) is 36.1 Å². The number of rotatable bonds is 5. The molecule has 5 nitrogen and oxygen atoms in total. The molecule has 29 heavy (non-hydrogen) atoms. The summed E-state index contributed by atoms with van der Waals surface area (Å²) in [7, 11) is 0. The summed E-state index contributed by atoms with van der Waals surface area (Å²) in [4.78, 5) is 33.0. The summed E-state index contributed by atoms with van der Waals surface area (Å²) >= 11 is 0. The van der Waals surface area contributed by atoms with Gasteiger partial charge >= 0.3 is 0 Å². The average molecular weight is 387 g/mol. The second-order valence-electron chi connectivity index (χ2n) is 9.03.